The van der Waals surface area contributed by atoms with Gasteiger partial charge in [-0.1, -0.05) is 20.3 Å². The Balaban J connectivity index is 2.18. The van der Waals surface area contributed by atoms with Crippen molar-refractivity contribution in [3.8, 4) is 0 Å². The third kappa shape index (κ3) is 2.58. The largest absolute Gasteiger partial charge is 0.481 e. The summed E-state index contributed by atoms with van der Waals surface area (Å²) in [5, 5.41) is 9.06. The van der Waals surface area contributed by atoms with Gasteiger partial charge in [-0.15, -0.1) is 0 Å². The summed E-state index contributed by atoms with van der Waals surface area (Å²) >= 11 is 0. The molecule has 2 fully saturated rings. The number of halogens is 3. The van der Waals surface area contributed by atoms with Gasteiger partial charge in [0.05, 0.1) is 0 Å². The molecule has 1 unspecified atom stereocenters. The number of alkyl halides is 3. The third-order valence-corrected chi connectivity index (χ3v) is 5.07. The van der Waals surface area contributed by atoms with Gasteiger partial charge in [-0.2, -0.15) is 13.2 Å². The topological polar surface area (TPSA) is 57.6 Å². The van der Waals surface area contributed by atoms with Crippen LogP contribution in [0.2, 0.25) is 0 Å². The second-order valence-corrected chi connectivity index (χ2v) is 7.09. The highest BCUT2D eigenvalue weighted by atomic mass is 19.4. The number of hydrogen-bond acceptors (Lipinski definition) is 2. The van der Waals surface area contributed by atoms with Gasteiger partial charge in [0.1, 0.15) is 0 Å². The molecule has 2 rings (SSSR count). The van der Waals surface area contributed by atoms with Crippen LogP contribution >= 0.6 is 0 Å². The molecule has 1 atom stereocenters. The van der Waals surface area contributed by atoms with E-state index in [-0.39, 0.29) is 18.4 Å². The highest BCUT2D eigenvalue weighted by Crippen LogP contribution is 2.51. The van der Waals surface area contributed by atoms with Crippen LogP contribution in [-0.2, 0) is 9.59 Å². The van der Waals surface area contributed by atoms with E-state index in [0.29, 0.717) is 19.3 Å². The molecule has 1 saturated heterocycles. The molecule has 1 N–H and O–H groups in total. The molecule has 1 aliphatic carbocycles. The summed E-state index contributed by atoms with van der Waals surface area (Å²) in [6, 6.07) is 0. The molecule has 0 aromatic heterocycles. The van der Waals surface area contributed by atoms with Crippen molar-refractivity contribution in [1.82, 2.24) is 4.90 Å². The highest BCUT2D eigenvalue weighted by molar-refractivity contribution is 5.86. The first kappa shape index (κ1) is 17.1. The van der Waals surface area contributed by atoms with Crippen molar-refractivity contribution in [2.45, 2.75) is 52.1 Å². The van der Waals surface area contributed by atoms with Crippen molar-refractivity contribution in [3.05, 3.63) is 0 Å². The summed E-state index contributed by atoms with van der Waals surface area (Å²) in [6.45, 7) is 3.07. The number of aliphatic carboxylic acids is 1. The van der Waals surface area contributed by atoms with Crippen LogP contribution in [-0.4, -0.2) is 41.1 Å². The smallest absolute Gasteiger partial charge is 0.406 e. The molecule has 1 aliphatic heterocycles. The highest BCUT2D eigenvalue weighted by Gasteiger charge is 2.65. The summed E-state index contributed by atoms with van der Waals surface area (Å²) < 4.78 is 39.6. The maximum absolute atomic E-state index is 13.2. The van der Waals surface area contributed by atoms with Crippen molar-refractivity contribution >= 4 is 11.9 Å². The minimum atomic E-state index is -4.85. The molecule has 1 heterocycles. The van der Waals surface area contributed by atoms with Gasteiger partial charge in [0.15, 0.2) is 5.41 Å². The van der Waals surface area contributed by atoms with Crippen LogP contribution in [0.3, 0.4) is 0 Å². The van der Waals surface area contributed by atoms with Crippen LogP contribution in [0.1, 0.15) is 46.0 Å². The first-order valence-electron chi connectivity index (χ1n) is 7.64. The quantitative estimate of drug-likeness (QED) is 0.866. The molecular weight excluding hydrogens is 299 g/mol. The van der Waals surface area contributed by atoms with Gasteiger partial charge in [-0.3, -0.25) is 9.59 Å². The zero-order chi connectivity index (χ0) is 16.8. The normalized spacial score (nSPS) is 27.8. The molecule has 1 saturated carbocycles. The van der Waals surface area contributed by atoms with E-state index in [4.69, 9.17) is 5.11 Å². The van der Waals surface area contributed by atoms with Crippen molar-refractivity contribution in [1.29, 1.82) is 0 Å². The molecule has 1 amide bonds. The number of carbonyl (C=O) groups is 2. The third-order valence-electron chi connectivity index (χ3n) is 5.07. The first-order chi connectivity index (χ1) is 10.0. The summed E-state index contributed by atoms with van der Waals surface area (Å²) in [6.07, 6.45) is -2.49. The molecular formula is C15H22F3NO3. The minimum Gasteiger partial charge on any atom is -0.481 e. The van der Waals surface area contributed by atoms with Crippen LogP contribution in [0, 0.1) is 16.7 Å². The average Bonchev–Trinajstić information content (AvgIpc) is 2.78. The van der Waals surface area contributed by atoms with Gasteiger partial charge >= 0.3 is 12.1 Å². The number of carbonyl (C=O) groups excluding carboxylic acids is 1. The fourth-order valence-corrected chi connectivity index (χ4v) is 3.74. The molecule has 0 aromatic rings. The number of nitrogens with zero attached hydrogens (tertiary/aromatic N) is 1. The summed E-state index contributed by atoms with van der Waals surface area (Å²) in [5.41, 5.74) is -3.39. The van der Waals surface area contributed by atoms with E-state index >= 15 is 0 Å². The molecule has 22 heavy (non-hydrogen) atoms. The molecule has 0 spiro atoms. The number of amides is 1. The van der Waals surface area contributed by atoms with Gasteiger partial charge in [-0.25, -0.2) is 0 Å². The lowest BCUT2D eigenvalue weighted by molar-refractivity contribution is -0.227. The Morgan fingerprint density at radius 1 is 1.23 bits per heavy atom. The number of hydrogen-bond donors (Lipinski definition) is 1. The maximum Gasteiger partial charge on any atom is 0.406 e. The molecule has 2 aliphatic rings. The van der Waals surface area contributed by atoms with Crippen LogP contribution < -0.4 is 0 Å². The standard InChI is InChI=1S/C15H22F3NO3/c1-10(2)8-13(4-3-5-13)11(20)19-7-6-14(9-19,12(21)22)15(16,17)18/h10H,3-9H2,1-2H3,(H,21,22). The zero-order valence-corrected chi connectivity index (χ0v) is 12.9. The Morgan fingerprint density at radius 2 is 1.82 bits per heavy atom. The minimum absolute atomic E-state index is 0.134. The SMILES string of the molecule is CC(C)CC1(C(=O)N2CCC(C(=O)O)(C(F)(F)F)C2)CCC1. The predicted molar refractivity (Wildman–Crippen MR) is 73.1 cm³/mol. The van der Waals surface area contributed by atoms with Crippen molar-refractivity contribution in [2.24, 2.45) is 16.7 Å². The van der Waals surface area contributed by atoms with Crippen LogP contribution in [0.4, 0.5) is 13.2 Å². The first-order valence-corrected chi connectivity index (χ1v) is 7.64. The van der Waals surface area contributed by atoms with E-state index in [1.165, 1.54) is 0 Å². The number of carboxylic acids is 1. The van der Waals surface area contributed by atoms with Crippen LogP contribution in [0.25, 0.3) is 0 Å². The summed E-state index contributed by atoms with van der Waals surface area (Å²) in [4.78, 5) is 25.0. The molecule has 4 nitrogen and oxygen atoms in total. The molecule has 0 radical (unpaired) electrons. The zero-order valence-electron chi connectivity index (χ0n) is 12.9. The van der Waals surface area contributed by atoms with E-state index in [9.17, 15) is 22.8 Å². The van der Waals surface area contributed by atoms with Crippen molar-refractivity contribution < 1.29 is 27.9 Å². The van der Waals surface area contributed by atoms with Crippen LogP contribution in [0.5, 0.6) is 0 Å². The van der Waals surface area contributed by atoms with Crippen LogP contribution in [0.15, 0.2) is 0 Å². The average molecular weight is 321 g/mol. The van der Waals surface area contributed by atoms with E-state index in [0.717, 1.165) is 11.3 Å². The Kier molecular flexibility index (Phi) is 4.21. The lowest BCUT2D eigenvalue weighted by Crippen LogP contribution is -2.51. The van der Waals surface area contributed by atoms with Crippen molar-refractivity contribution in [3.63, 3.8) is 0 Å². The number of likely N-dealkylation sites (tertiary alicyclic amines) is 1. The summed E-state index contributed by atoms with van der Waals surface area (Å²) in [5.74, 6) is -1.90. The lowest BCUT2D eigenvalue weighted by Gasteiger charge is -2.44. The fraction of sp³-hybridized carbons (Fsp3) is 0.867. The van der Waals surface area contributed by atoms with Crippen molar-refractivity contribution in [2.75, 3.05) is 13.1 Å². The van der Waals surface area contributed by atoms with Gasteiger partial charge < -0.3 is 10.0 Å². The number of carboxylic acid groups (broad SMARTS) is 1. The van der Waals surface area contributed by atoms with E-state index < -0.39 is 35.9 Å². The van der Waals surface area contributed by atoms with E-state index in [1.54, 1.807) is 0 Å². The van der Waals surface area contributed by atoms with Gasteiger partial charge in [0, 0.05) is 18.5 Å². The Hall–Kier alpha value is -1.27. The fourth-order valence-electron chi connectivity index (χ4n) is 3.74. The van der Waals surface area contributed by atoms with Gasteiger partial charge in [0.25, 0.3) is 0 Å². The van der Waals surface area contributed by atoms with Gasteiger partial charge in [0.2, 0.25) is 5.91 Å². The number of rotatable bonds is 4. The lowest BCUT2D eigenvalue weighted by atomic mass is 9.63. The predicted octanol–water partition coefficient (Wildman–Crippen LogP) is 3.07. The monoisotopic (exact) mass is 321 g/mol. The van der Waals surface area contributed by atoms with Gasteiger partial charge in [-0.05, 0) is 31.6 Å². The second-order valence-electron chi connectivity index (χ2n) is 7.09. The summed E-state index contributed by atoms with van der Waals surface area (Å²) in [7, 11) is 0. The Bertz CT molecular complexity index is 471. The molecule has 7 heteroatoms. The molecule has 126 valence electrons. The molecule has 0 aromatic carbocycles. The Morgan fingerprint density at radius 3 is 2.14 bits per heavy atom. The maximum atomic E-state index is 13.2. The van der Waals surface area contributed by atoms with E-state index in [2.05, 4.69) is 0 Å². The second kappa shape index (κ2) is 5.42. The molecule has 0 bridgehead atoms. The van der Waals surface area contributed by atoms with E-state index in [1.807, 2.05) is 13.8 Å². The Labute approximate surface area is 127 Å².